The summed E-state index contributed by atoms with van der Waals surface area (Å²) in [4.78, 5) is 19.6. The van der Waals surface area contributed by atoms with E-state index in [4.69, 9.17) is 9.73 Å². The molecule has 1 heterocycles. The van der Waals surface area contributed by atoms with E-state index >= 15 is 0 Å². The molecule has 0 saturated heterocycles. The molecular weight excluding hydrogens is 567 g/mol. The third-order valence-corrected chi connectivity index (χ3v) is 7.32. The smallest absolute Gasteiger partial charge is 0.416 e. The van der Waals surface area contributed by atoms with E-state index in [0.29, 0.717) is 27.7 Å². The highest BCUT2D eigenvalue weighted by Crippen LogP contribution is 2.41. The molecule has 2 aromatic rings. The number of halogens is 4. The van der Waals surface area contributed by atoms with E-state index in [1.807, 2.05) is 0 Å². The highest BCUT2D eigenvalue weighted by atomic mass is 79.9. The number of nitriles is 1. The van der Waals surface area contributed by atoms with Gasteiger partial charge in [0.15, 0.2) is 5.17 Å². The Bertz CT molecular complexity index is 1210. The van der Waals surface area contributed by atoms with Gasteiger partial charge in [-0.05, 0) is 62.6 Å². The zero-order valence-corrected chi connectivity index (χ0v) is 22.9. The van der Waals surface area contributed by atoms with E-state index in [1.54, 1.807) is 49.1 Å². The van der Waals surface area contributed by atoms with Crippen molar-refractivity contribution in [2.24, 2.45) is 4.99 Å². The SMILES string of the molecule is CCOC(=O)C1=C(C)N(c2cccc(C(F)(F)F)c2)C(SCCCCCBr)=NC1c1ccc(C#N)cc1. The molecule has 2 aromatic carbocycles. The van der Waals surface area contributed by atoms with Crippen molar-refractivity contribution in [1.29, 1.82) is 5.26 Å². The maximum Gasteiger partial charge on any atom is 0.416 e. The average Bonchev–Trinajstić information content (AvgIpc) is 2.88. The molecule has 0 aliphatic carbocycles. The summed E-state index contributed by atoms with van der Waals surface area (Å²) in [6, 6.07) is 13.1. The van der Waals surface area contributed by atoms with Crippen LogP contribution in [-0.2, 0) is 15.7 Å². The van der Waals surface area contributed by atoms with Gasteiger partial charge >= 0.3 is 12.1 Å². The topological polar surface area (TPSA) is 65.7 Å². The predicted octanol–water partition coefficient (Wildman–Crippen LogP) is 7.63. The number of rotatable bonds is 9. The largest absolute Gasteiger partial charge is 0.463 e. The van der Waals surface area contributed by atoms with E-state index in [-0.39, 0.29) is 17.9 Å². The Hall–Kier alpha value is -2.77. The molecular formula is C27H27BrF3N3O2S. The number of benzene rings is 2. The monoisotopic (exact) mass is 593 g/mol. The standard InChI is InChI=1S/C27H27BrF3N3O2S/c1-3-36-25(35)23-18(2)34(22-9-7-8-21(16-22)27(29,30)31)26(37-15-6-4-5-14-28)33-24(23)20-12-10-19(17-32)11-13-20/h7-13,16,24H,3-6,14-15H2,1-2H3. The van der Waals surface area contributed by atoms with Gasteiger partial charge in [0.05, 0.1) is 29.4 Å². The number of carbonyl (C=O) groups is 1. The lowest BCUT2D eigenvalue weighted by molar-refractivity contribution is -0.139. The molecule has 0 saturated carbocycles. The van der Waals surface area contributed by atoms with Crippen LogP contribution in [0.15, 0.2) is 64.8 Å². The minimum Gasteiger partial charge on any atom is -0.463 e. The van der Waals surface area contributed by atoms with Crippen molar-refractivity contribution in [1.82, 2.24) is 0 Å². The molecule has 37 heavy (non-hydrogen) atoms. The van der Waals surface area contributed by atoms with Crippen LogP contribution < -0.4 is 4.90 Å². The highest BCUT2D eigenvalue weighted by Gasteiger charge is 2.36. The van der Waals surface area contributed by atoms with Gasteiger partial charge in [0.2, 0.25) is 0 Å². The second kappa shape index (κ2) is 13.2. The second-order valence-corrected chi connectivity index (χ2v) is 10.1. The minimum atomic E-state index is -4.52. The predicted molar refractivity (Wildman–Crippen MR) is 145 cm³/mol. The lowest BCUT2D eigenvalue weighted by atomic mass is 9.95. The molecule has 0 fully saturated rings. The zero-order valence-electron chi connectivity index (χ0n) is 20.5. The first kappa shape index (κ1) is 28.8. The number of thioether (sulfide) groups is 1. The van der Waals surface area contributed by atoms with E-state index in [0.717, 1.165) is 36.7 Å². The molecule has 1 aliphatic rings. The van der Waals surface area contributed by atoms with Crippen LogP contribution in [0, 0.1) is 11.3 Å². The van der Waals surface area contributed by atoms with E-state index < -0.39 is 23.8 Å². The third-order valence-electron chi connectivity index (χ3n) is 5.72. The maximum atomic E-state index is 13.5. The van der Waals surface area contributed by atoms with Gasteiger partial charge < -0.3 is 4.74 Å². The number of esters is 1. The Balaban J connectivity index is 2.13. The van der Waals surface area contributed by atoms with Crippen molar-refractivity contribution in [2.75, 3.05) is 22.6 Å². The van der Waals surface area contributed by atoms with Crippen LogP contribution >= 0.6 is 27.7 Å². The fraction of sp³-hybridized carbons (Fsp3) is 0.370. The van der Waals surface area contributed by atoms with E-state index in [2.05, 4.69) is 22.0 Å². The van der Waals surface area contributed by atoms with Crippen molar-refractivity contribution in [3.63, 3.8) is 0 Å². The molecule has 0 radical (unpaired) electrons. The summed E-state index contributed by atoms with van der Waals surface area (Å²) in [5.41, 5.74) is 1.32. The average molecular weight is 594 g/mol. The quantitative estimate of drug-likeness (QED) is 0.170. The number of hydrogen-bond acceptors (Lipinski definition) is 6. The minimum absolute atomic E-state index is 0.137. The van der Waals surface area contributed by atoms with Crippen LogP contribution in [0.5, 0.6) is 0 Å². The fourth-order valence-electron chi connectivity index (χ4n) is 3.91. The maximum absolute atomic E-state index is 13.5. The normalized spacial score (nSPS) is 15.9. The molecule has 0 aromatic heterocycles. The van der Waals surface area contributed by atoms with Crippen LogP contribution in [0.1, 0.15) is 55.8 Å². The lowest BCUT2D eigenvalue weighted by Crippen LogP contribution is -2.35. The van der Waals surface area contributed by atoms with Gasteiger partial charge in [-0.15, -0.1) is 0 Å². The zero-order chi connectivity index (χ0) is 27.0. The van der Waals surface area contributed by atoms with Crippen LogP contribution in [0.25, 0.3) is 0 Å². The Morgan fingerprint density at radius 1 is 1.19 bits per heavy atom. The molecule has 0 N–H and O–H groups in total. The van der Waals surface area contributed by atoms with Crippen LogP contribution in [0.2, 0.25) is 0 Å². The summed E-state index contributed by atoms with van der Waals surface area (Å²) in [7, 11) is 0. The van der Waals surface area contributed by atoms with Gasteiger partial charge in [0.25, 0.3) is 0 Å². The molecule has 10 heteroatoms. The number of hydrogen-bond donors (Lipinski definition) is 0. The first-order chi connectivity index (χ1) is 17.7. The first-order valence-corrected chi connectivity index (χ1v) is 13.9. The number of unbranched alkanes of at least 4 members (excludes halogenated alkanes) is 2. The Labute approximate surface area is 227 Å². The molecule has 5 nitrogen and oxygen atoms in total. The van der Waals surface area contributed by atoms with Gasteiger partial charge in [-0.2, -0.15) is 18.4 Å². The molecule has 0 spiro atoms. The number of aliphatic imine (C=N–C) groups is 1. The lowest BCUT2D eigenvalue weighted by Gasteiger charge is -2.35. The van der Waals surface area contributed by atoms with Gasteiger partial charge in [-0.1, -0.05) is 52.3 Å². The van der Waals surface area contributed by atoms with Gasteiger partial charge in [0.1, 0.15) is 6.04 Å². The molecule has 0 bridgehead atoms. The van der Waals surface area contributed by atoms with Crippen LogP contribution in [0.3, 0.4) is 0 Å². The van der Waals surface area contributed by atoms with E-state index in [9.17, 15) is 23.2 Å². The van der Waals surface area contributed by atoms with Gasteiger partial charge in [0, 0.05) is 22.5 Å². The molecule has 196 valence electrons. The molecule has 1 unspecified atom stereocenters. The Morgan fingerprint density at radius 3 is 2.54 bits per heavy atom. The molecule has 0 amide bonds. The highest BCUT2D eigenvalue weighted by molar-refractivity contribution is 9.09. The summed E-state index contributed by atoms with van der Waals surface area (Å²) in [5.74, 6) is 0.125. The number of carbonyl (C=O) groups excluding carboxylic acids is 1. The van der Waals surface area contributed by atoms with E-state index in [1.165, 1.54) is 17.8 Å². The van der Waals surface area contributed by atoms with Crippen molar-refractivity contribution < 1.29 is 22.7 Å². The van der Waals surface area contributed by atoms with Crippen molar-refractivity contribution in [3.05, 3.63) is 76.5 Å². The van der Waals surface area contributed by atoms with Crippen LogP contribution in [-0.4, -0.2) is 28.8 Å². The van der Waals surface area contributed by atoms with Gasteiger partial charge in [-0.25, -0.2) is 9.79 Å². The number of allylic oxidation sites excluding steroid dienone is 1. The van der Waals surface area contributed by atoms with Crippen molar-refractivity contribution >= 4 is 44.5 Å². The number of anilines is 1. The number of ether oxygens (including phenoxy) is 1. The Kier molecular flexibility index (Phi) is 10.2. The summed E-state index contributed by atoms with van der Waals surface area (Å²) in [6.07, 6.45) is -1.60. The summed E-state index contributed by atoms with van der Waals surface area (Å²) >= 11 is 4.87. The second-order valence-electron chi connectivity index (χ2n) is 8.25. The number of amidine groups is 1. The first-order valence-electron chi connectivity index (χ1n) is 11.8. The third kappa shape index (κ3) is 7.17. The molecule has 1 aliphatic heterocycles. The van der Waals surface area contributed by atoms with Crippen LogP contribution in [0.4, 0.5) is 18.9 Å². The summed E-state index contributed by atoms with van der Waals surface area (Å²) in [5, 5.41) is 10.6. The number of alkyl halides is 4. The molecule has 3 rings (SSSR count). The van der Waals surface area contributed by atoms with Gasteiger partial charge in [-0.3, -0.25) is 4.90 Å². The van der Waals surface area contributed by atoms with Crippen molar-refractivity contribution in [2.45, 2.75) is 45.3 Å². The molecule has 1 atom stereocenters. The summed E-state index contributed by atoms with van der Waals surface area (Å²) in [6.45, 7) is 3.52. The van der Waals surface area contributed by atoms with Crippen molar-refractivity contribution in [3.8, 4) is 6.07 Å². The fourth-order valence-corrected chi connectivity index (χ4v) is 5.39. The number of nitrogens with zero attached hydrogens (tertiary/aromatic N) is 3. The summed E-state index contributed by atoms with van der Waals surface area (Å²) < 4.78 is 45.9. The Morgan fingerprint density at radius 2 is 1.92 bits per heavy atom.